The van der Waals surface area contributed by atoms with E-state index in [4.69, 9.17) is 10.3 Å². The highest BCUT2D eigenvalue weighted by atomic mass is 19.1. The Labute approximate surface area is 181 Å². The third-order valence-corrected chi connectivity index (χ3v) is 4.62. The predicted octanol–water partition coefficient (Wildman–Crippen LogP) is 4.12. The number of hydrogen-bond acceptors (Lipinski definition) is 7. The molecule has 3 heterocycles. The lowest BCUT2D eigenvalue weighted by atomic mass is 10.2. The first-order valence-corrected chi connectivity index (χ1v) is 9.72. The summed E-state index contributed by atoms with van der Waals surface area (Å²) in [7, 11) is 0. The van der Waals surface area contributed by atoms with Gasteiger partial charge < -0.3 is 4.74 Å². The van der Waals surface area contributed by atoms with Crippen molar-refractivity contribution in [1.82, 2.24) is 24.7 Å². The van der Waals surface area contributed by atoms with Gasteiger partial charge in [0.1, 0.15) is 17.3 Å². The Bertz CT molecular complexity index is 1350. The van der Waals surface area contributed by atoms with E-state index in [0.717, 1.165) is 0 Å². The van der Waals surface area contributed by atoms with Crippen LogP contribution in [0.25, 0.3) is 33.0 Å². The first-order chi connectivity index (χ1) is 15.6. The molecule has 32 heavy (non-hydrogen) atoms. The molecule has 0 aliphatic carbocycles. The summed E-state index contributed by atoms with van der Waals surface area (Å²) in [5.41, 5.74) is 10.6. The van der Waals surface area contributed by atoms with Crippen molar-refractivity contribution < 1.29 is 13.9 Å². The summed E-state index contributed by atoms with van der Waals surface area (Å²) >= 11 is 0. The van der Waals surface area contributed by atoms with Crippen LogP contribution in [0.2, 0.25) is 0 Å². The van der Waals surface area contributed by atoms with Gasteiger partial charge in [0.25, 0.3) is 0 Å². The monoisotopic (exact) mass is 432 g/mol. The lowest BCUT2D eigenvalue weighted by Crippen LogP contribution is -2.09. The highest BCUT2D eigenvalue weighted by molar-refractivity contribution is 5.89. The number of esters is 1. The smallest absolute Gasteiger partial charge is 0.310 e. The first kappa shape index (κ1) is 20.9. The summed E-state index contributed by atoms with van der Waals surface area (Å²) < 4.78 is 20.7. The van der Waals surface area contributed by atoms with Gasteiger partial charge in [-0.25, -0.2) is 24.0 Å². The zero-order valence-corrected chi connectivity index (χ0v) is 17.0. The molecular formula is C21H17FN8O2. The fourth-order valence-corrected chi connectivity index (χ4v) is 3.21. The Kier molecular flexibility index (Phi) is 6.00. The van der Waals surface area contributed by atoms with Gasteiger partial charge in [0.2, 0.25) is 0 Å². The molecule has 0 unspecified atom stereocenters. The summed E-state index contributed by atoms with van der Waals surface area (Å²) in [6, 6.07) is 9.96. The zero-order chi connectivity index (χ0) is 22.5. The van der Waals surface area contributed by atoms with E-state index >= 15 is 0 Å². The minimum atomic E-state index is -0.484. The number of fused-ring (bicyclic) bond motifs is 1. The zero-order valence-electron chi connectivity index (χ0n) is 17.0. The summed E-state index contributed by atoms with van der Waals surface area (Å²) in [5.74, 6) is -0.641. The number of ether oxygens (including phenoxy) is 1. The van der Waals surface area contributed by atoms with Crippen LogP contribution in [-0.4, -0.2) is 37.3 Å². The number of azide groups is 1. The lowest BCUT2D eigenvalue weighted by Gasteiger charge is -2.06. The second-order valence-electron chi connectivity index (χ2n) is 6.69. The van der Waals surface area contributed by atoms with Crippen molar-refractivity contribution in [2.24, 2.45) is 5.11 Å². The molecule has 0 N–H and O–H groups in total. The molecular weight excluding hydrogens is 415 g/mol. The van der Waals surface area contributed by atoms with Gasteiger partial charge >= 0.3 is 5.97 Å². The molecule has 10 nitrogen and oxygen atoms in total. The van der Waals surface area contributed by atoms with E-state index in [0.29, 0.717) is 27.9 Å². The van der Waals surface area contributed by atoms with Gasteiger partial charge in [0.05, 0.1) is 25.0 Å². The van der Waals surface area contributed by atoms with Crippen molar-refractivity contribution in [1.29, 1.82) is 0 Å². The fourth-order valence-electron chi connectivity index (χ4n) is 3.21. The van der Waals surface area contributed by atoms with Gasteiger partial charge in [0.15, 0.2) is 11.5 Å². The normalized spacial score (nSPS) is 10.7. The topological polar surface area (TPSA) is 132 Å². The van der Waals surface area contributed by atoms with Crippen molar-refractivity contribution in [3.05, 3.63) is 76.2 Å². The van der Waals surface area contributed by atoms with Crippen molar-refractivity contribution in [3.8, 4) is 11.5 Å². The molecule has 11 heteroatoms. The number of hydrogen-bond donors (Lipinski definition) is 0. The fraction of sp³-hybridized carbons (Fsp3) is 0.190. The number of nitrogens with zero attached hydrogens (tertiary/aromatic N) is 8. The molecule has 0 aliphatic rings. The molecule has 3 aromatic heterocycles. The summed E-state index contributed by atoms with van der Waals surface area (Å²) in [6.07, 6.45) is 2.88. The maximum atomic E-state index is 14.2. The Morgan fingerprint density at radius 2 is 2.06 bits per heavy atom. The van der Waals surface area contributed by atoms with E-state index in [2.05, 4.69) is 30.1 Å². The maximum absolute atomic E-state index is 14.2. The van der Waals surface area contributed by atoms with Gasteiger partial charge in [-0.3, -0.25) is 4.79 Å². The molecule has 0 bridgehead atoms. The average molecular weight is 432 g/mol. The van der Waals surface area contributed by atoms with E-state index in [1.807, 2.05) is 0 Å². The SMILES string of the molecule is CCOC(=O)Cc1cnc(-c2nn(Cc3ccccc3F)c3ncccc23)nc1N=[N+]=[N-]. The van der Waals surface area contributed by atoms with E-state index in [1.165, 1.54) is 12.3 Å². The quantitative estimate of drug-likeness (QED) is 0.187. The number of pyridine rings is 1. The number of rotatable bonds is 7. The van der Waals surface area contributed by atoms with Crippen LogP contribution in [0, 0.1) is 5.82 Å². The number of carbonyl (C=O) groups is 1. The molecule has 0 spiro atoms. The van der Waals surface area contributed by atoms with Gasteiger partial charge in [-0.2, -0.15) is 5.10 Å². The third kappa shape index (κ3) is 4.23. The van der Waals surface area contributed by atoms with Crippen LogP contribution in [0.1, 0.15) is 18.1 Å². The molecule has 1 aromatic carbocycles. The van der Waals surface area contributed by atoms with Crippen molar-refractivity contribution in [2.75, 3.05) is 6.61 Å². The minimum Gasteiger partial charge on any atom is -0.466 e. The molecule has 0 fully saturated rings. The van der Waals surface area contributed by atoms with E-state index < -0.39 is 5.97 Å². The summed E-state index contributed by atoms with van der Waals surface area (Å²) in [6.45, 7) is 2.08. The lowest BCUT2D eigenvalue weighted by molar-refractivity contribution is -0.142. The number of halogens is 1. The van der Waals surface area contributed by atoms with Crippen LogP contribution in [0.5, 0.6) is 0 Å². The molecule has 0 saturated carbocycles. The number of aromatic nitrogens is 5. The average Bonchev–Trinajstić information content (AvgIpc) is 3.15. The van der Waals surface area contributed by atoms with E-state index in [9.17, 15) is 9.18 Å². The Morgan fingerprint density at radius 1 is 1.22 bits per heavy atom. The van der Waals surface area contributed by atoms with E-state index in [-0.39, 0.29) is 37.0 Å². The Morgan fingerprint density at radius 3 is 2.84 bits per heavy atom. The molecule has 0 atom stereocenters. The second-order valence-corrected chi connectivity index (χ2v) is 6.69. The molecule has 0 radical (unpaired) electrons. The number of benzene rings is 1. The second kappa shape index (κ2) is 9.19. The van der Waals surface area contributed by atoms with Crippen molar-refractivity contribution in [3.63, 3.8) is 0 Å². The van der Waals surface area contributed by atoms with Crippen molar-refractivity contribution >= 4 is 22.8 Å². The van der Waals surface area contributed by atoms with Gasteiger partial charge in [0, 0.05) is 28.4 Å². The van der Waals surface area contributed by atoms with Crippen LogP contribution in [0.15, 0.2) is 53.9 Å². The summed E-state index contributed by atoms with van der Waals surface area (Å²) in [5, 5.41) is 8.79. The standard InChI is InChI=1S/C21H17FN8O2/c1-2-32-17(31)10-14-11-25-20(26-19(14)27-29-23)18-15-7-5-9-24-21(15)30(28-18)12-13-6-3-4-8-16(13)22/h3-9,11H,2,10,12H2,1H3. The highest BCUT2D eigenvalue weighted by Gasteiger charge is 2.19. The van der Waals surface area contributed by atoms with Crippen LogP contribution in [0.4, 0.5) is 10.2 Å². The molecule has 160 valence electrons. The minimum absolute atomic E-state index is 0.00578. The van der Waals surface area contributed by atoms with Gasteiger partial charge in [-0.15, -0.1) is 0 Å². The Hall–Kier alpha value is -4.37. The van der Waals surface area contributed by atoms with Crippen LogP contribution in [-0.2, 0) is 22.5 Å². The Balaban J connectivity index is 1.78. The van der Waals surface area contributed by atoms with Crippen LogP contribution in [0.3, 0.4) is 0 Å². The van der Waals surface area contributed by atoms with Crippen LogP contribution < -0.4 is 0 Å². The molecule has 0 saturated heterocycles. The maximum Gasteiger partial charge on any atom is 0.310 e. The highest BCUT2D eigenvalue weighted by Crippen LogP contribution is 2.28. The largest absolute Gasteiger partial charge is 0.466 e. The third-order valence-electron chi connectivity index (χ3n) is 4.62. The molecule has 4 rings (SSSR count). The summed E-state index contributed by atoms with van der Waals surface area (Å²) in [4.78, 5) is 27.6. The number of carbonyl (C=O) groups excluding carboxylic acids is 1. The predicted molar refractivity (Wildman–Crippen MR) is 113 cm³/mol. The van der Waals surface area contributed by atoms with Crippen LogP contribution >= 0.6 is 0 Å². The molecule has 0 aliphatic heterocycles. The molecule has 0 amide bonds. The molecule has 4 aromatic rings. The van der Waals surface area contributed by atoms with Gasteiger partial charge in [-0.05, 0) is 35.8 Å². The van der Waals surface area contributed by atoms with E-state index in [1.54, 1.807) is 48.1 Å². The van der Waals surface area contributed by atoms with Crippen molar-refractivity contribution in [2.45, 2.75) is 19.9 Å². The van der Waals surface area contributed by atoms with Gasteiger partial charge in [-0.1, -0.05) is 18.2 Å². The first-order valence-electron chi connectivity index (χ1n) is 9.72.